The zero-order valence-corrected chi connectivity index (χ0v) is 15.9. The molecular formula is C22H24N2O2. The molecule has 0 saturated heterocycles. The standard InChI is InChI=1S/C22H24N2O2/c1-16-10-9-13-19(17(16)2)21(26)24(23-22(3,4)5)20(25)15-14-18-11-7-6-8-12-18/h6-13,23H,1-5H3. The quantitative estimate of drug-likeness (QED) is 0.666. The van der Waals surface area contributed by atoms with E-state index in [1.54, 1.807) is 6.07 Å². The fraction of sp³-hybridized carbons (Fsp3) is 0.273. The molecule has 2 rings (SSSR count). The summed E-state index contributed by atoms with van der Waals surface area (Å²) in [6.07, 6.45) is 0. The molecule has 0 aliphatic heterocycles. The molecule has 0 radical (unpaired) electrons. The van der Waals surface area contributed by atoms with Crippen LogP contribution in [0.2, 0.25) is 0 Å². The predicted molar refractivity (Wildman–Crippen MR) is 103 cm³/mol. The Morgan fingerprint density at radius 2 is 1.62 bits per heavy atom. The molecule has 26 heavy (non-hydrogen) atoms. The Bertz CT molecular complexity index is 868. The van der Waals surface area contributed by atoms with Crippen LogP contribution in [-0.4, -0.2) is 22.4 Å². The Balaban J connectivity index is 2.37. The zero-order valence-electron chi connectivity index (χ0n) is 15.9. The van der Waals surface area contributed by atoms with Crippen molar-refractivity contribution < 1.29 is 9.59 Å². The minimum atomic E-state index is -0.588. The van der Waals surface area contributed by atoms with Gasteiger partial charge in [-0.3, -0.25) is 9.59 Å². The Labute approximate surface area is 155 Å². The lowest BCUT2D eigenvalue weighted by Crippen LogP contribution is -2.54. The monoisotopic (exact) mass is 348 g/mol. The van der Waals surface area contributed by atoms with Crippen molar-refractivity contribution in [3.05, 3.63) is 70.8 Å². The predicted octanol–water partition coefficient (Wildman–Crippen LogP) is 3.63. The number of hydrazine groups is 1. The second-order valence-electron chi connectivity index (χ2n) is 7.17. The Hall–Kier alpha value is -2.90. The minimum absolute atomic E-state index is 0.409. The van der Waals surface area contributed by atoms with Crippen molar-refractivity contribution in [3.63, 3.8) is 0 Å². The highest BCUT2D eigenvalue weighted by atomic mass is 16.2. The maximum absolute atomic E-state index is 13.0. The topological polar surface area (TPSA) is 49.4 Å². The lowest BCUT2D eigenvalue weighted by Gasteiger charge is -2.29. The third kappa shape index (κ3) is 5.05. The highest BCUT2D eigenvalue weighted by Crippen LogP contribution is 2.15. The number of nitrogens with one attached hydrogen (secondary N) is 1. The molecule has 0 heterocycles. The second kappa shape index (κ2) is 7.99. The Morgan fingerprint density at radius 3 is 2.23 bits per heavy atom. The van der Waals surface area contributed by atoms with Gasteiger partial charge in [-0.2, -0.15) is 5.01 Å². The molecule has 0 fully saturated rings. The maximum atomic E-state index is 13.0. The summed E-state index contributed by atoms with van der Waals surface area (Å²) in [6.45, 7) is 9.46. The fourth-order valence-electron chi connectivity index (χ4n) is 2.34. The summed E-state index contributed by atoms with van der Waals surface area (Å²) in [4.78, 5) is 25.7. The largest absolute Gasteiger partial charge is 0.320 e. The van der Waals surface area contributed by atoms with E-state index in [1.165, 1.54) is 0 Å². The highest BCUT2D eigenvalue weighted by Gasteiger charge is 2.27. The van der Waals surface area contributed by atoms with Gasteiger partial charge in [-0.15, -0.1) is 0 Å². The maximum Gasteiger partial charge on any atom is 0.320 e. The average molecular weight is 348 g/mol. The van der Waals surface area contributed by atoms with Crippen LogP contribution in [0.1, 0.15) is 47.8 Å². The van der Waals surface area contributed by atoms with Gasteiger partial charge < -0.3 is 0 Å². The van der Waals surface area contributed by atoms with Crippen LogP contribution in [0.4, 0.5) is 0 Å². The lowest BCUT2D eigenvalue weighted by molar-refractivity contribution is -0.126. The van der Waals surface area contributed by atoms with Crippen LogP contribution in [-0.2, 0) is 4.79 Å². The molecule has 0 bridgehead atoms. The summed E-state index contributed by atoms with van der Waals surface area (Å²) in [5.74, 6) is 4.37. The van der Waals surface area contributed by atoms with E-state index in [-0.39, 0.29) is 0 Å². The normalized spacial score (nSPS) is 10.7. The van der Waals surface area contributed by atoms with E-state index in [0.29, 0.717) is 5.56 Å². The number of carbonyl (C=O) groups excluding carboxylic acids is 2. The number of nitrogens with zero attached hydrogens (tertiary/aromatic N) is 1. The summed E-state index contributed by atoms with van der Waals surface area (Å²) < 4.78 is 0. The third-order valence-electron chi connectivity index (χ3n) is 3.78. The highest BCUT2D eigenvalue weighted by molar-refractivity contribution is 6.10. The van der Waals surface area contributed by atoms with Gasteiger partial charge in [0.25, 0.3) is 5.91 Å². The number of rotatable bonds is 2. The van der Waals surface area contributed by atoms with Gasteiger partial charge in [-0.1, -0.05) is 36.3 Å². The number of amides is 2. The van der Waals surface area contributed by atoms with Gasteiger partial charge in [0.1, 0.15) is 0 Å². The van der Waals surface area contributed by atoms with Gasteiger partial charge in [0.2, 0.25) is 0 Å². The first-order valence-electron chi connectivity index (χ1n) is 8.48. The minimum Gasteiger partial charge on any atom is -0.267 e. The molecule has 0 saturated carbocycles. The summed E-state index contributed by atoms with van der Waals surface area (Å²) in [5, 5.41) is 1.01. The van der Waals surface area contributed by atoms with Gasteiger partial charge in [0.15, 0.2) is 0 Å². The number of imide groups is 1. The van der Waals surface area contributed by atoms with Crippen LogP contribution in [0.15, 0.2) is 48.5 Å². The van der Waals surface area contributed by atoms with E-state index >= 15 is 0 Å². The third-order valence-corrected chi connectivity index (χ3v) is 3.78. The van der Waals surface area contributed by atoms with Crippen LogP contribution >= 0.6 is 0 Å². The zero-order chi connectivity index (χ0) is 19.3. The number of hydrogen-bond acceptors (Lipinski definition) is 3. The lowest BCUT2D eigenvalue weighted by atomic mass is 10.0. The van der Waals surface area contributed by atoms with Crippen molar-refractivity contribution in [2.24, 2.45) is 0 Å². The van der Waals surface area contributed by atoms with Crippen molar-refractivity contribution >= 4 is 11.8 Å². The second-order valence-corrected chi connectivity index (χ2v) is 7.17. The molecule has 2 aromatic carbocycles. The van der Waals surface area contributed by atoms with Crippen LogP contribution in [0, 0.1) is 25.7 Å². The van der Waals surface area contributed by atoms with Crippen molar-refractivity contribution in [1.82, 2.24) is 10.4 Å². The molecule has 134 valence electrons. The van der Waals surface area contributed by atoms with E-state index in [4.69, 9.17) is 0 Å². The molecule has 4 heteroatoms. The first-order valence-corrected chi connectivity index (χ1v) is 8.48. The smallest absolute Gasteiger partial charge is 0.267 e. The van der Waals surface area contributed by atoms with Gasteiger partial charge in [-0.25, -0.2) is 5.43 Å². The van der Waals surface area contributed by atoms with E-state index in [1.807, 2.05) is 77.1 Å². The van der Waals surface area contributed by atoms with Crippen molar-refractivity contribution in [2.45, 2.75) is 40.2 Å². The molecule has 1 N–H and O–H groups in total. The summed E-state index contributed by atoms with van der Waals surface area (Å²) >= 11 is 0. The Kier molecular flexibility index (Phi) is 5.97. The van der Waals surface area contributed by atoms with E-state index in [0.717, 1.165) is 21.7 Å². The molecule has 2 aromatic rings. The number of benzene rings is 2. The molecular weight excluding hydrogens is 324 g/mol. The van der Waals surface area contributed by atoms with Gasteiger partial charge in [-0.05, 0) is 63.9 Å². The van der Waals surface area contributed by atoms with Crippen LogP contribution < -0.4 is 5.43 Å². The number of carbonyl (C=O) groups is 2. The molecule has 0 atom stereocenters. The summed E-state index contributed by atoms with van der Waals surface area (Å²) in [7, 11) is 0. The molecule has 0 unspecified atom stereocenters. The molecule has 0 aromatic heterocycles. The van der Waals surface area contributed by atoms with Crippen molar-refractivity contribution in [1.29, 1.82) is 0 Å². The van der Waals surface area contributed by atoms with Crippen molar-refractivity contribution in [3.8, 4) is 11.8 Å². The van der Waals surface area contributed by atoms with Gasteiger partial charge in [0, 0.05) is 22.6 Å². The Morgan fingerprint density at radius 1 is 0.962 bits per heavy atom. The molecule has 0 aliphatic carbocycles. The van der Waals surface area contributed by atoms with Crippen molar-refractivity contribution in [2.75, 3.05) is 0 Å². The molecule has 2 amide bonds. The summed E-state index contributed by atoms with van der Waals surface area (Å²) in [6, 6.07) is 14.7. The van der Waals surface area contributed by atoms with E-state index < -0.39 is 17.4 Å². The van der Waals surface area contributed by atoms with Gasteiger partial charge >= 0.3 is 5.91 Å². The van der Waals surface area contributed by atoms with Crippen LogP contribution in [0.5, 0.6) is 0 Å². The van der Waals surface area contributed by atoms with Crippen LogP contribution in [0.25, 0.3) is 0 Å². The molecule has 0 aliphatic rings. The van der Waals surface area contributed by atoms with E-state index in [9.17, 15) is 9.59 Å². The van der Waals surface area contributed by atoms with Crippen LogP contribution in [0.3, 0.4) is 0 Å². The first kappa shape index (κ1) is 19.4. The number of aryl methyl sites for hydroxylation is 1. The van der Waals surface area contributed by atoms with E-state index in [2.05, 4.69) is 17.3 Å². The molecule has 4 nitrogen and oxygen atoms in total. The first-order chi connectivity index (χ1) is 12.2. The van der Waals surface area contributed by atoms with Gasteiger partial charge in [0.05, 0.1) is 0 Å². The summed E-state index contributed by atoms with van der Waals surface area (Å²) in [5.41, 5.74) is 5.54. The average Bonchev–Trinajstić information content (AvgIpc) is 2.59. The fourth-order valence-corrected chi connectivity index (χ4v) is 2.34. The SMILES string of the molecule is Cc1cccc(C(=O)N(NC(C)(C)C)C(=O)C#Cc2ccccc2)c1C. The number of hydrogen-bond donors (Lipinski definition) is 1. The molecule has 0 spiro atoms.